The molecule has 1 aliphatic rings. The number of para-hydroxylation sites is 2. The van der Waals surface area contributed by atoms with Crippen molar-refractivity contribution in [1.29, 1.82) is 0 Å². The molecule has 0 atom stereocenters. The molecule has 1 fully saturated rings. The summed E-state index contributed by atoms with van der Waals surface area (Å²) in [4.78, 5) is 31.3. The molecule has 6 rings (SSSR count). The maximum absolute atomic E-state index is 13.7. The summed E-state index contributed by atoms with van der Waals surface area (Å²) in [7, 11) is 1.69. The third-order valence-corrected chi connectivity index (χ3v) is 8.13. The van der Waals surface area contributed by atoms with E-state index in [0.717, 1.165) is 66.1 Å². The number of nitrogens with zero attached hydrogens (tertiary/aromatic N) is 2. The van der Waals surface area contributed by atoms with Gasteiger partial charge in [-0.2, -0.15) is 0 Å². The molecule has 228 valence electrons. The molecule has 0 radical (unpaired) electrons. The average molecular weight is 600 g/mol. The van der Waals surface area contributed by atoms with Crippen LogP contribution in [0.25, 0.3) is 10.8 Å². The van der Waals surface area contributed by atoms with E-state index in [-0.39, 0.29) is 11.9 Å². The Morgan fingerprint density at radius 2 is 1.40 bits per heavy atom. The van der Waals surface area contributed by atoms with Crippen LogP contribution in [0.4, 0.5) is 27.5 Å². The number of hydrogen-bond acceptors (Lipinski definition) is 5. The number of piperazine rings is 1. The molecule has 0 unspecified atom stereocenters. The molecule has 0 bridgehead atoms. The highest BCUT2D eigenvalue weighted by Gasteiger charge is 2.24. The van der Waals surface area contributed by atoms with Crippen LogP contribution in [-0.2, 0) is 6.42 Å². The fourth-order valence-electron chi connectivity index (χ4n) is 5.83. The Morgan fingerprint density at radius 1 is 0.711 bits per heavy atom. The van der Waals surface area contributed by atoms with Gasteiger partial charge in [0.05, 0.1) is 24.0 Å². The van der Waals surface area contributed by atoms with Gasteiger partial charge in [0.15, 0.2) is 0 Å². The summed E-state index contributed by atoms with van der Waals surface area (Å²) in [5.74, 6) is 0.674. The Labute approximate surface area is 263 Å². The number of amides is 3. The molecule has 5 aromatic carbocycles. The summed E-state index contributed by atoms with van der Waals surface area (Å²) >= 11 is 0. The Bertz CT molecular complexity index is 1780. The van der Waals surface area contributed by atoms with Crippen molar-refractivity contribution in [3.8, 4) is 5.75 Å². The van der Waals surface area contributed by atoms with E-state index >= 15 is 0 Å². The van der Waals surface area contributed by atoms with Gasteiger partial charge in [0.1, 0.15) is 5.75 Å². The van der Waals surface area contributed by atoms with Crippen LogP contribution in [-0.4, -0.2) is 51.8 Å². The van der Waals surface area contributed by atoms with Crippen LogP contribution < -0.4 is 30.5 Å². The van der Waals surface area contributed by atoms with Crippen molar-refractivity contribution in [3.05, 3.63) is 126 Å². The maximum Gasteiger partial charge on any atom is 0.323 e. The fourth-order valence-corrected chi connectivity index (χ4v) is 5.83. The zero-order chi connectivity index (χ0) is 31.0. The van der Waals surface area contributed by atoms with Gasteiger partial charge in [-0.15, -0.1) is 0 Å². The molecule has 0 aromatic heterocycles. The van der Waals surface area contributed by atoms with Gasteiger partial charge in [0.25, 0.3) is 5.91 Å². The van der Waals surface area contributed by atoms with Crippen molar-refractivity contribution in [2.75, 3.05) is 60.3 Å². The van der Waals surface area contributed by atoms with E-state index in [1.165, 1.54) is 0 Å². The van der Waals surface area contributed by atoms with E-state index in [1.54, 1.807) is 13.2 Å². The number of carbonyl (C=O) groups is 2. The number of benzene rings is 5. The second kappa shape index (κ2) is 13.9. The van der Waals surface area contributed by atoms with Gasteiger partial charge in [0.2, 0.25) is 0 Å². The van der Waals surface area contributed by atoms with Gasteiger partial charge in [-0.25, -0.2) is 4.79 Å². The Hall–Kier alpha value is -5.50. The van der Waals surface area contributed by atoms with E-state index in [2.05, 4.69) is 43.9 Å². The third-order valence-electron chi connectivity index (χ3n) is 8.13. The van der Waals surface area contributed by atoms with Crippen molar-refractivity contribution in [2.24, 2.45) is 0 Å². The highest BCUT2D eigenvalue weighted by atomic mass is 16.5. The van der Waals surface area contributed by atoms with Gasteiger partial charge < -0.3 is 30.5 Å². The molecule has 8 heteroatoms. The standard InChI is InChI=1S/C37H37N5O3/c1-45-35-17-8-7-16-34(35)42-24-22-41(23-25-42)33-19-18-29(26-31(33)36(43)38-21-20-27-10-3-2-4-11-27)39-37(44)40-32-15-9-13-28-12-5-6-14-30(28)32/h2-19,26H,20-25H2,1H3,(H,38,43)(H2,39,40,44). The van der Waals surface area contributed by atoms with E-state index in [0.29, 0.717) is 23.5 Å². The van der Waals surface area contributed by atoms with E-state index < -0.39 is 0 Å². The van der Waals surface area contributed by atoms with Crippen molar-refractivity contribution in [3.63, 3.8) is 0 Å². The van der Waals surface area contributed by atoms with Crippen LogP contribution in [0, 0.1) is 0 Å². The fraction of sp³-hybridized carbons (Fsp3) is 0.189. The summed E-state index contributed by atoms with van der Waals surface area (Å²) in [5, 5.41) is 11.0. The number of urea groups is 1. The lowest BCUT2D eigenvalue weighted by atomic mass is 10.1. The molecule has 0 saturated carbocycles. The number of methoxy groups -OCH3 is 1. The molecule has 1 heterocycles. The number of ether oxygens (including phenoxy) is 1. The lowest BCUT2D eigenvalue weighted by molar-refractivity contribution is 0.0954. The normalized spacial score (nSPS) is 12.9. The Kier molecular flexibility index (Phi) is 9.11. The minimum atomic E-state index is -0.375. The smallest absolute Gasteiger partial charge is 0.323 e. The molecular weight excluding hydrogens is 562 g/mol. The zero-order valence-corrected chi connectivity index (χ0v) is 25.3. The van der Waals surface area contributed by atoms with Gasteiger partial charge in [-0.05, 0) is 53.8 Å². The number of nitrogens with one attached hydrogen (secondary N) is 3. The lowest BCUT2D eigenvalue weighted by Gasteiger charge is -2.38. The highest BCUT2D eigenvalue weighted by Crippen LogP contribution is 2.31. The van der Waals surface area contributed by atoms with Crippen LogP contribution in [0.5, 0.6) is 5.75 Å². The van der Waals surface area contributed by atoms with Crippen molar-refractivity contribution < 1.29 is 14.3 Å². The summed E-state index contributed by atoms with van der Waals surface area (Å²) in [6.07, 6.45) is 0.727. The minimum Gasteiger partial charge on any atom is -0.495 e. The lowest BCUT2D eigenvalue weighted by Crippen LogP contribution is -2.47. The summed E-state index contributed by atoms with van der Waals surface area (Å²) < 4.78 is 5.59. The molecule has 0 aliphatic carbocycles. The predicted octanol–water partition coefficient (Wildman–Crippen LogP) is 6.79. The van der Waals surface area contributed by atoms with Crippen LogP contribution in [0.2, 0.25) is 0 Å². The quantitative estimate of drug-likeness (QED) is 0.174. The molecular formula is C37H37N5O3. The largest absolute Gasteiger partial charge is 0.495 e. The molecule has 0 spiro atoms. The van der Waals surface area contributed by atoms with Crippen LogP contribution in [0.15, 0.2) is 115 Å². The SMILES string of the molecule is COc1ccccc1N1CCN(c2ccc(NC(=O)Nc3cccc4ccccc34)cc2C(=O)NCCc2ccccc2)CC1. The zero-order valence-electron chi connectivity index (χ0n) is 25.3. The molecule has 3 amide bonds. The minimum absolute atomic E-state index is 0.175. The first kappa shape index (κ1) is 29.6. The first-order chi connectivity index (χ1) is 22.1. The van der Waals surface area contributed by atoms with Crippen LogP contribution in [0.1, 0.15) is 15.9 Å². The Morgan fingerprint density at radius 3 is 2.20 bits per heavy atom. The van der Waals surface area contributed by atoms with Gasteiger partial charge >= 0.3 is 6.03 Å². The predicted molar refractivity (Wildman–Crippen MR) is 183 cm³/mol. The van der Waals surface area contributed by atoms with E-state index in [9.17, 15) is 9.59 Å². The molecule has 1 aliphatic heterocycles. The number of hydrogen-bond donors (Lipinski definition) is 3. The van der Waals surface area contributed by atoms with Crippen LogP contribution >= 0.6 is 0 Å². The Balaban J connectivity index is 1.19. The number of anilines is 4. The number of rotatable bonds is 9. The molecule has 8 nitrogen and oxygen atoms in total. The molecule has 3 N–H and O–H groups in total. The number of fused-ring (bicyclic) bond motifs is 1. The summed E-state index contributed by atoms with van der Waals surface area (Å²) in [5.41, 5.74) is 4.84. The first-order valence-electron chi connectivity index (χ1n) is 15.2. The third kappa shape index (κ3) is 7.02. The average Bonchev–Trinajstić information content (AvgIpc) is 3.09. The second-order valence-corrected chi connectivity index (χ2v) is 11.0. The summed E-state index contributed by atoms with van der Waals surface area (Å²) in [6.45, 7) is 3.53. The highest BCUT2D eigenvalue weighted by molar-refractivity contribution is 6.07. The van der Waals surface area contributed by atoms with E-state index in [4.69, 9.17) is 4.74 Å². The monoisotopic (exact) mass is 599 g/mol. The van der Waals surface area contributed by atoms with Crippen molar-refractivity contribution >= 4 is 45.5 Å². The topological polar surface area (TPSA) is 85.9 Å². The van der Waals surface area contributed by atoms with E-state index in [1.807, 2.05) is 91.0 Å². The summed E-state index contributed by atoms with van der Waals surface area (Å²) in [6, 6.07) is 37.0. The van der Waals surface area contributed by atoms with Gasteiger partial charge in [0, 0.05) is 49.5 Å². The van der Waals surface area contributed by atoms with Crippen molar-refractivity contribution in [2.45, 2.75) is 6.42 Å². The maximum atomic E-state index is 13.7. The molecule has 1 saturated heterocycles. The van der Waals surface area contributed by atoms with Crippen LogP contribution in [0.3, 0.4) is 0 Å². The first-order valence-corrected chi connectivity index (χ1v) is 15.2. The van der Waals surface area contributed by atoms with Gasteiger partial charge in [-0.1, -0.05) is 78.9 Å². The van der Waals surface area contributed by atoms with Gasteiger partial charge in [-0.3, -0.25) is 4.79 Å². The molecule has 5 aromatic rings. The number of carbonyl (C=O) groups excluding carboxylic acids is 2. The second-order valence-electron chi connectivity index (χ2n) is 11.0. The molecule has 45 heavy (non-hydrogen) atoms. The van der Waals surface area contributed by atoms with Crippen molar-refractivity contribution in [1.82, 2.24) is 5.32 Å².